The second-order valence-electron chi connectivity index (χ2n) is 4.20. The monoisotopic (exact) mass is 340 g/mol. The Kier molecular flexibility index (Phi) is 5.42. The van der Waals surface area contributed by atoms with E-state index in [0.717, 1.165) is 29.0 Å². The third-order valence-corrected chi connectivity index (χ3v) is 4.95. The van der Waals surface area contributed by atoms with Gasteiger partial charge in [0.15, 0.2) is 0 Å². The molecule has 1 aromatic carbocycles. The molecule has 0 fully saturated rings. The first kappa shape index (κ1) is 14.6. The highest BCUT2D eigenvalue weighted by molar-refractivity contribution is 9.10. The second kappa shape index (κ2) is 7.07. The predicted octanol–water partition coefficient (Wildman–Crippen LogP) is 2.72. The summed E-state index contributed by atoms with van der Waals surface area (Å²) in [6, 6.07) is 8.26. The summed E-state index contributed by atoms with van der Waals surface area (Å²) in [5.41, 5.74) is 6.17. The van der Waals surface area contributed by atoms with Gasteiger partial charge in [0.2, 0.25) is 0 Å². The number of thioether (sulfide) groups is 1. The van der Waals surface area contributed by atoms with Crippen molar-refractivity contribution in [3.05, 3.63) is 40.9 Å². The molecule has 1 atom stereocenters. The maximum atomic E-state index is 6.17. The van der Waals surface area contributed by atoms with E-state index in [1.165, 1.54) is 4.90 Å². The van der Waals surface area contributed by atoms with Crippen molar-refractivity contribution in [2.75, 3.05) is 5.75 Å². The molecule has 102 valence electrons. The van der Waals surface area contributed by atoms with Crippen LogP contribution in [0.15, 0.2) is 40.0 Å². The fraction of sp³-hybridized carbons (Fsp3) is 0.385. The summed E-state index contributed by atoms with van der Waals surface area (Å²) < 4.78 is 3.01. The zero-order chi connectivity index (χ0) is 13.7. The number of nitrogens with zero attached hydrogens (tertiary/aromatic N) is 3. The van der Waals surface area contributed by atoms with Gasteiger partial charge in [-0.05, 0) is 35.0 Å². The van der Waals surface area contributed by atoms with Crippen molar-refractivity contribution in [1.29, 1.82) is 0 Å². The highest BCUT2D eigenvalue weighted by atomic mass is 79.9. The van der Waals surface area contributed by atoms with Crippen LogP contribution in [-0.2, 0) is 13.0 Å². The van der Waals surface area contributed by atoms with Crippen LogP contribution in [0.4, 0.5) is 0 Å². The van der Waals surface area contributed by atoms with Crippen LogP contribution >= 0.6 is 27.7 Å². The number of rotatable bonds is 6. The molecule has 1 heterocycles. The Bertz CT molecular complexity index is 529. The Balaban J connectivity index is 1.88. The Morgan fingerprint density at radius 2 is 2.21 bits per heavy atom. The highest BCUT2D eigenvalue weighted by Crippen LogP contribution is 2.27. The van der Waals surface area contributed by atoms with Gasteiger partial charge in [0, 0.05) is 34.1 Å². The van der Waals surface area contributed by atoms with Gasteiger partial charge in [-0.1, -0.05) is 12.1 Å². The van der Waals surface area contributed by atoms with Crippen LogP contribution in [0.2, 0.25) is 0 Å². The lowest BCUT2D eigenvalue weighted by Crippen LogP contribution is -2.27. The molecule has 0 spiro atoms. The summed E-state index contributed by atoms with van der Waals surface area (Å²) >= 11 is 5.30. The molecule has 1 unspecified atom stereocenters. The van der Waals surface area contributed by atoms with E-state index >= 15 is 0 Å². The minimum Gasteiger partial charge on any atom is -0.327 e. The lowest BCUT2D eigenvalue weighted by molar-refractivity contribution is 0.588. The molecule has 0 saturated carbocycles. The van der Waals surface area contributed by atoms with Crippen LogP contribution in [0.5, 0.6) is 0 Å². The lowest BCUT2D eigenvalue weighted by Gasteiger charge is -2.12. The smallest absolute Gasteiger partial charge is 0.138 e. The summed E-state index contributed by atoms with van der Waals surface area (Å²) in [6.45, 7) is 2.89. The first-order valence-electron chi connectivity index (χ1n) is 6.20. The molecule has 2 N–H and O–H groups in total. The molecule has 0 saturated heterocycles. The van der Waals surface area contributed by atoms with Gasteiger partial charge < -0.3 is 5.73 Å². The first-order valence-corrected chi connectivity index (χ1v) is 7.98. The number of halogens is 1. The van der Waals surface area contributed by atoms with Gasteiger partial charge in [-0.15, -0.1) is 11.8 Å². The van der Waals surface area contributed by atoms with E-state index in [0.29, 0.717) is 0 Å². The maximum absolute atomic E-state index is 6.17. The van der Waals surface area contributed by atoms with Crippen molar-refractivity contribution >= 4 is 27.7 Å². The van der Waals surface area contributed by atoms with Gasteiger partial charge in [0.05, 0.1) is 0 Å². The van der Waals surface area contributed by atoms with Crippen molar-refractivity contribution in [1.82, 2.24) is 14.8 Å². The summed E-state index contributed by atoms with van der Waals surface area (Å²) in [7, 11) is 0. The van der Waals surface area contributed by atoms with E-state index < -0.39 is 0 Å². The minimum atomic E-state index is 0.0756. The Morgan fingerprint density at radius 3 is 2.95 bits per heavy atom. The summed E-state index contributed by atoms with van der Waals surface area (Å²) in [5.74, 6) is 1.82. The molecule has 2 aromatic rings. The number of hydrogen-bond donors (Lipinski definition) is 1. The van der Waals surface area contributed by atoms with Crippen LogP contribution in [0, 0.1) is 0 Å². The standard InChI is InChI=1S/C13H17BrN4S/c1-2-18-13(16-9-17-18)7-10(15)8-19-12-6-4-3-5-11(12)14/h3-6,9-10H,2,7-8,15H2,1H3. The number of aryl methyl sites for hydroxylation is 1. The van der Waals surface area contributed by atoms with Gasteiger partial charge in [-0.25, -0.2) is 4.98 Å². The fourth-order valence-electron chi connectivity index (χ4n) is 1.76. The molecule has 0 bridgehead atoms. The van der Waals surface area contributed by atoms with Crippen molar-refractivity contribution in [3.63, 3.8) is 0 Å². The molecule has 0 amide bonds. The summed E-state index contributed by atoms with van der Waals surface area (Å²) in [5, 5.41) is 4.16. The number of nitrogens with two attached hydrogens (primary N) is 1. The maximum Gasteiger partial charge on any atom is 0.138 e. The van der Waals surface area contributed by atoms with Crippen molar-refractivity contribution in [2.45, 2.75) is 30.8 Å². The van der Waals surface area contributed by atoms with Crippen LogP contribution < -0.4 is 5.73 Å². The SMILES string of the molecule is CCn1ncnc1CC(N)CSc1ccccc1Br. The van der Waals surface area contributed by atoms with E-state index in [2.05, 4.69) is 39.0 Å². The van der Waals surface area contributed by atoms with Gasteiger partial charge in [0.1, 0.15) is 12.2 Å². The molecule has 19 heavy (non-hydrogen) atoms. The first-order chi connectivity index (χ1) is 9.20. The molecule has 6 heteroatoms. The Hall–Kier alpha value is -0.850. The largest absolute Gasteiger partial charge is 0.327 e. The van der Waals surface area contributed by atoms with Gasteiger partial charge in [-0.2, -0.15) is 5.10 Å². The molecular formula is C13H17BrN4S. The quantitative estimate of drug-likeness (QED) is 0.821. The summed E-state index contributed by atoms with van der Waals surface area (Å²) in [6.07, 6.45) is 2.35. The molecular weight excluding hydrogens is 324 g/mol. The minimum absolute atomic E-state index is 0.0756. The van der Waals surface area contributed by atoms with E-state index in [4.69, 9.17) is 5.73 Å². The molecule has 1 aromatic heterocycles. The van der Waals surface area contributed by atoms with Gasteiger partial charge in [0.25, 0.3) is 0 Å². The average molecular weight is 341 g/mol. The predicted molar refractivity (Wildman–Crippen MR) is 82.2 cm³/mol. The second-order valence-corrected chi connectivity index (χ2v) is 6.11. The highest BCUT2D eigenvalue weighted by Gasteiger charge is 2.10. The Labute approximate surface area is 125 Å². The van der Waals surface area contributed by atoms with Gasteiger partial charge >= 0.3 is 0 Å². The zero-order valence-electron chi connectivity index (χ0n) is 10.8. The van der Waals surface area contributed by atoms with Crippen molar-refractivity contribution < 1.29 is 0 Å². The lowest BCUT2D eigenvalue weighted by atomic mass is 10.2. The number of benzene rings is 1. The molecule has 4 nitrogen and oxygen atoms in total. The Morgan fingerprint density at radius 1 is 1.42 bits per heavy atom. The molecule has 0 aliphatic rings. The number of aromatic nitrogens is 3. The topological polar surface area (TPSA) is 56.7 Å². The van der Waals surface area contributed by atoms with Crippen molar-refractivity contribution in [3.8, 4) is 0 Å². The molecule has 0 aliphatic carbocycles. The van der Waals surface area contributed by atoms with Crippen LogP contribution in [0.25, 0.3) is 0 Å². The zero-order valence-corrected chi connectivity index (χ0v) is 13.2. The van der Waals surface area contributed by atoms with Crippen LogP contribution in [0.1, 0.15) is 12.7 Å². The van der Waals surface area contributed by atoms with Crippen molar-refractivity contribution in [2.24, 2.45) is 5.73 Å². The van der Waals surface area contributed by atoms with E-state index in [1.807, 2.05) is 22.9 Å². The number of hydrogen-bond acceptors (Lipinski definition) is 4. The van der Waals surface area contributed by atoms with E-state index in [9.17, 15) is 0 Å². The molecule has 0 radical (unpaired) electrons. The fourth-order valence-corrected chi connectivity index (χ4v) is 3.28. The molecule has 2 rings (SSSR count). The third kappa shape index (κ3) is 4.06. The van der Waals surface area contributed by atoms with Crippen LogP contribution in [0.3, 0.4) is 0 Å². The third-order valence-electron chi connectivity index (χ3n) is 2.73. The normalized spacial score (nSPS) is 12.6. The van der Waals surface area contributed by atoms with Crippen LogP contribution in [-0.4, -0.2) is 26.6 Å². The molecule has 0 aliphatic heterocycles. The summed E-state index contributed by atoms with van der Waals surface area (Å²) in [4.78, 5) is 5.47. The average Bonchev–Trinajstić information content (AvgIpc) is 2.85. The van der Waals surface area contributed by atoms with E-state index in [-0.39, 0.29) is 6.04 Å². The van der Waals surface area contributed by atoms with E-state index in [1.54, 1.807) is 18.1 Å². The van der Waals surface area contributed by atoms with Gasteiger partial charge in [-0.3, -0.25) is 4.68 Å².